The number of allylic oxidation sites excluding steroid dienone is 1. The molecule has 0 aromatic carbocycles. The predicted octanol–water partition coefficient (Wildman–Crippen LogP) is 2.87. The molecule has 104 valence electrons. The minimum Gasteiger partial charge on any atom is -0.463 e. The molecule has 0 heterocycles. The third-order valence-electron chi connectivity index (χ3n) is 2.66. The average Bonchev–Trinajstić information content (AvgIpc) is 2.37. The molecule has 0 bridgehead atoms. The first-order chi connectivity index (χ1) is 8.63. The molecule has 0 aromatic heterocycles. The van der Waals surface area contributed by atoms with Crippen LogP contribution in [0.5, 0.6) is 0 Å². The summed E-state index contributed by atoms with van der Waals surface area (Å²) >= 11 is 0. The van der Waals surface area contributed by atoms with Gasteiger partial charge in [0.25, 0.3) is 0 Å². The Balaban J connectivity index is 3.77. The maximum absolute atomic E-state index is 11.3. The van der Waals surface area contributed by atoms with E-state index in [1.807, 2.05) is 0 Å². The van der Waals surface area contributed by atoms with Gasteiger partial charge in [-0.3, -0.25) is 0 Å². The van der Waals surface area contributed by atoms with Crippen LogP contribution in [0.4, 0.5) is 0 Å². The van der Waals surface area contributed by atoms with Gasteiger partial charge in [0.2, 0.25) is 0 Å². The van der Waals surface area contributed by atoms with Gasteiger partial charge in [0.1, 0.15) is 0 Å². The molecule has 0 saturated carbocycles. The summed E-state index contributed by atoms with van der Waals surface area (Å²) in [6.07, 6.45) is 7.18. The molecule has 4 heteroatoms. The van der Waals surface area contributed by atoms with Crippen LogP contribution in [0.15, 0.2) is 12.2 Å². The van der Waals surface area contributed by atoms with Crippen LogP contribution >= 0.6 is 0 Å². The Morgan fingerprint density at radius 2 is 1.94 bits per heavy atom. The number of rotatable bonds is 9. The van der Waals surface area contributed by atoms with Crippen molar-refractivity contribution in [3.8, 4) is 0 Å². The van der Waals surface area contributed by atoms with Crippen molar-refractivity contribution in [2.45, 2.75) is 46.5 Å². The first-order valence-corrected chi connectivity index (χ1v) is 6.59. The Bertz CT molecular complexity index is 271. The van der Waals surface area contributed by atoms with E-state index in [1.165, 1.54) is 6.08 Å². The van der Waals surface area contributed by atoms with Crippen molar-refractivity contribution < 1.29 is 19.1 Å². The zero-order valence-corrected chi connectivity index (χ0v) is 11.6. The molecule has 0 rings (SSSR count). The van der Waals surface area contributed by atoms with Crippen LogP contribution in [-0.4, -0.2) is 25.2 Å². The molecule has 0 radical (unpaired) electrons. The molecule has 18 heavy (non-hydrogen) atoms. The average molecular weight is 256 g/mol. The van der Waals surface area contributed by atoms with Crippen molar-refractivity contribution >= 4 is 11.9 Å². The van der Waals surface area contributed by atoms with E-state index >= 15 is 0 Å². The van der Waals surface area contributed by atoms with Gasteiger partial charge in [0.05, 0.1) is 6.61 Å². The van der Waals surface area contributed by atoms with E-state index in [0.29, 0.717) is 12.5 Å². The Labute approximate surface area is 109 Å². The molecule has 1 unspecified atom stereocenters. The second-order valence-corrected chi connectivity index (χ2v) is 4.21. The lowest BCUT2D eigenvalue weighted by atomic mass is 10.0. The number of carbonyl (C=O) groups is 2. The molecule has 0 aliphatic rings. The molecule has 0 saturated heterocycles. The monoisotopic (exact) mass is 256 g/mol. The van der Waals surface area contributed by atoms with E-state index in [-0.39, 0.29) is 6.61 Å². The van der Waals surface area contributed by atoms with Crippen molar-refractivity contribution in [1.29, 1.82) is 0 Å². The lowest BCUT2D eigenvalue weighted by Gasteiger charge is -2.14. The van der Waals surface area contributed by atoms with Gasteiger partial charge in [0.15, 0.2) is 6.61 Å². The van der Waals surface area contributed by atoms with Crippen molar-refractivity contribution in [3.05, 3.63) is 12.2 Å². The number of unbranched alkanes of at least 4 members (excludes halogenated alkanes) is 1. The highest BCUT2D eigenvalue weighted by Crippen LogP contribution is 2.12. The van der Waals surface area contributed by atoms with E-state index < -0.39 is 11.9 Å². The highest BCUT2D eigenvalue weighted by Gasteiger charge is 2.11. The standard InChI is InChI=1S/C14H24O4/c1-4-7-9-12(6-3)10-17-14(16)11-18-13(15)8-5-2/h5,8,12H,4,6-7,9-11H2,1-3H3/b8-5-. The molecule has 1 atom stereocenters. The highest BCUT2D eigenvalue weighted by atomic mass is 16.6. The van der Waals surface area contributed by atoms with Crippen molar-refractivity contribution in [1.82, 2.24) is 0 Å². The van der Waals surface area contributed by atoms with E-state index in [4.69, 9.17) is 9.47 Å². The Morgan fingerprint density at radius 3 is 2.50 bits per heavy atom. The van der Waals surface area contributed by atoms with Crippen LogP contribution < -0.4 is 0 Å². The summed E-state index contributed by atoms with van der Waals surface area (Å²) < 4.78 is 9.77. The van der Waals surface area contributed by atoms with Crippen LogP contribution in [0.1, 0.15) is 46.5 Å². The van der Waals surface area contributed by atoms with Crippen LogP contribution in [-0.2, 0) is 19.1 Å². The van der Waals surface area contributed by atoms with Gasteiger partial charge in [-0.25, -0.2) is 9.59 Å². The summed E-state index contributed by atoms with van der Waals surface area (Å²) in [5, 5.41) is 0. The fourth-order valence-corrected chi connectivity index (χ4v) is 1.46. The summed E-state index contributed by atoms with van der Waals surface area (Å²) in [4.78, 5) is 22.3. The maximum Gasteiger partial charge on any atom is 0.344 e. The molecular formula is C14H24O4. The third-order valence-corrected chi connectivity index (χ3v) is 2.66. The zero-order valence-electron chi connectivity index (χ0n) is 11.6. The number of hydrogen-bond acceptors (Lipinski definition) is 4. The van der Waals surface area contributed by atoms with Crippen molar-refractivity contribution in [2.24, 2.45) is 5.92 Å². The maximum atomic E-state index is 11.3. The lowest BCUT2D eigenvalue weighted by molar-refractivity contribution is -0.157. The van der Waals surface area contributed by atoms with Crippen LogP contribution in [0.2, 0.25) is 0 Å². The van der Waals surface area contributed by atoms with Gasteiger partial charge in [-0.05, 0) is 19.3 Å². The van der Waals surface area contributed by atoms with Crippen molar-refractivity contribution in [3.63, 3.8) is 0 Å². The topological polar surface area (TPSA) is 52.6 Å². The summed E-state index contributed by atoms with van der Waals surface area (Å²) in [7, 11) is 0. The second-order valence-electron chi connectivity index (χ2n) is 4.21. The number of carbonyl (C=O) groups excluding carboxylic acids is 2. The second kappa shape index (κ2) is 10.8. The minimum atomic E-state index is -0.521. The summed E-state index contributed by atoms with van der Waals surface area (Å²) in [5.74, 6) is -0.601. The summed E-state index contributed by atoms with van der Waals surface area (Å²) in [5.41, 5.74) is 0. The summed E-state index contributed by atoms with van der Waals surface area (Å²) in [6, 6.07) is 0. The van der Waals surface area contributed by atoms with Gasteiger partial charge in [-0.1, -0.05) is 39.2 Å². The molecule has 0 N–H and O–H groups in total. The molecule has 0 aromatic rings. The largest absolute Gasteiger partial charge is 0.463 e. The first kappa shape index (κ1) is 16.7. The molecular weight excluding hydrogens is 232 g/mol. The first-order valence-electron chi connectivity index (χ1n) is 6.59. The number of esters is 2. The molecule has 0 aliphatic carbocycles. The fourth-order valence-electron chi connectivity index (χ4n) is 1.46. The fraction of sp³-hybridized carbons (Fsp3) is 0.714. The van der Waals surface area contributed by atoms with E-state index in [2.05, 4.69) is 13.8 Å². The quantitative estimate of drug-likeness (QED) is 0.470. The predicted molar refractivity (Wildman–Crippen MR) is 70.0 cm³/mol. The van der Waals surface area contributed by atoms with Crippen LogP contribution in [0.3, 0.4) is 0 Å². The minimum absolute atomic E-state index is 0.312. The van der Waals surface area contributed by atoms with Crippen LogP contribution in [0, 0.1) is 5.92 Å². The van der Waals surface area contributed by atoms with Gasteiger partial charge < -0.3 is 9.47 Å². The SMILES string of the molecule is C/C=C\C(=O)OCC(=O)OCC(CC)CCCC. The molecule has 0 spiro atoms. The molecule has 0 fully saturated rings. The lowest BCUT2D eigenvalue weighted by Crippen LogP contribution is -2.19. The van der Waals surface area contributed by atoms with E-state index in [1.54, 1.807) is 13.0 Å². The highest BCUT2D eigenvalue weighted by molar-refractivity contribution is 5.84. The molecule has 0 amide bonds. The van der Waals surface area contributed by atoms with E-state index in [9.17, 15) is 9.59 Å². The Morgan fingerprint density at radius 1 is 1.22 bits per heavy atom. The Kier molecular flexibility index (Phi) is 10.0. The van der Waals surface area contributed by atoms with Crippen molar-refractivity contribution in [2.75, 3.05) is 13.2 Å². The number of ether oxygens (including phenoxy) is 2. The zero-order chi connectivity index (χ0) is 13.8. The van der Waals surface area contributed by atoms with E-state index in [0.717, 1.165) is 25.7 Å². The van der Waals surface area contributed by atoms with Gasteiger partial charge in [-0.2, -0.15) is 0 Å². The van der Waals surface area contributed by atoms with Gasteiger partial charge in [0, 0.05) is 6.08 Å². The third kappa shape index (κ3) is 8.79. The summed E-state index contributed by atoms with van der Waals surface area (Å²) in [6.45, 7) is 6.03. The smallest absolute Gasteiger partial charge is 0.344 e. The number of hydrogen-bond donors (Lipinski definition) is 0. The van der Waals surface area contributed by atoms with Gasteiger partial charge >= 0.3 is 11.9 Å². The molecule has 0 aliphatic heterocycles. The Hall–Kier alpha value is -1.32. The van der Waals surface area contributed by atoms with Crippen LogP contribution in [0.25, 0.3) is 0 Å². The molecule has 4 nitrogen and oxygen atoms in total. The normalized spacial score (nSPS) is 12.4. The van der Waals surface area contributed by atoms with Gasteiger partial charge in [-0.15, -0.1) is 0 Å².